The number of allylic oxidation sites excluding steroid dienone is 1. The number of fused-ring (bicyclic) bond motifs is 3. The molecule has 0 aliphatic carbocycles. The number of hydrogen-bond acceptors (Lipinski definition) is 6. The summed E-state index contributed by atoms with van der Waals surface area (Å²) in [6.07, 6.45) is 2.01. The fourth-order valence-corrected chi connectivity index (χ4v) is 3.89. The molecule has 1 aliphatic rings. The molecule has 3 heterocycles. The van der Waals surface area contributed by atoms with Crippen LogP contribution in [0.3, 0.4) is 0 Å². The van der Waals surface area contributed by atoms with E-state index in [1.54, 1.807) is 11.8 Å². The fraction of sp³-hybridized carbons (Fsp3) is 0.200. The molecule has 0 saturated heterocycles. The van der Waals surface area contributed by atoms with Crippen LogP contribution < -0.4 is 9.47 Å². The molecular weight excluding hydrogens is 378 g/mol. The summed E-state index contributed by atoms with van der Waals surface area (Å²) in [4.78, 5) is 22.9. The monoisotopic (exact) mass is 395 g/mol. The highest BCUT2D eigenvalue weighted by Gasteiger charge is 2.31. The number of amides is 1. The predicted octanol–water partition coefficient (Wildman–Crippen LogP) is 4.83. The maximum atomic E-state index is 12.1. The van der Waals surface area contributed by atoms with Crippen molar-refractivity contribution in [3.8, 4) is 28.4 Å². The summed E-state index contributed by atoms with van der Waals surface area (Å²) in [7, 11) is 1.61. The van der Waals surface area contributed by atoms with Crippen LogP contribution in [-0.2, 0) is 6.61 Å². The molecule has 142 valence electrons. The van der Waals surface area contributed by atoms with Gasteiger partial charge in [-0.3, -0.25) is 4.79 Å². The summed E-state index contributed by atoms with van der Waals surface area (Å²) in [6, 6.07) is 5.68. The van der Waals surface area contributed by atoms with Crippen molar-refractivity contribution in [2.24, 2.45) is 5.18 Å². The third kappa shape index (κ3) is 2.91. The molecule has 1 aliphatic heterocycles. The number of ether oxygens (including phenoxy) is 2. The zero-order valence-corrected chi connectivity index (χ0v) is 16.4. The van der Waals surface area contributed by atoms with Crippen molar-refractivity contribution in [3.05, 3.63) is 56.3 Å². The number of nitrogens with zero attached hydrogens (tertiary/aromatic N) is 3. The van der Waals surface area contributed by atoms with E-state index in [9.17, 15) is 9.70 Å². The number of carbonyl (C=O) groups excluding carboxylic acids is 1. The second kappa shape index (κ2) is 7.05. The summed E-state index contributed by atoms with van der Waals surface area (Å²) in [5.41, 5.74) is 4.87. The molecule has 0 bridgehead atoms. The van der Waals surface area contributed by atoms with Crippen LogP contribution in [0.15, 0.2) is 39.7 Å². The highest BCUT2D eigenvalue weighted by molar-refractivity contribution is 7.08. The van der Waals surface area contributed by atoms with Crippen LogP contribution in [0.5, 0.6) is 11.5 Å². The molecule has 0 radical (unpaired) electrons. The second-order valence-corrected chi connectivity index (χ2v) is 7.35. The lowest BCUT2D eigenvalue weighted by atomic mass is 9.98. The smallest absolute Gasteiger partial charge is 0.337 e. The van der Waals surface area contributed by atoms with Gasteiger partial charge in [0.1, 0.15) is 18.1 Å². The van der Waals surface area contributed by atoms with Gasteiger partial charge in [0.15, 0.2) is 5.69 Å². The van der Waals surface area contributed by atoms with Crippen molar-refractivity contribution in [3.63, 3.8) is 0 Å². The van der Waals surface area contributed by atoms with Crippen LogP contribution in [0, 0.1) is 4.91 Å². The van der Waals surface area contributed by atoms with E-state index in [1.807, 2.05) is 48.9 Å². The molecule has 0 atom stereocenters. The first-order valence-corrected chi connectivity index (χ1v) is 9.50. The number of methoxy groups -OCH3 is 1. The van der Waals surface area contributed by atoms with Gasteiger partial charge in [-0.05, 0) is 31.4 Å². The average molecular weight is 395 g/mol. The molecule has 0 unspecified atom stereocenters. The van der Waals surface area contributed by atoms with Crippen molar-refractivity contribution >= 4 is 23.3 Å². The minimum atomic E-state index is -0.907. The second-order valence-electron chi connectivity index (χ2n) is 6.57. The number of carbonyl (C=O) groups is 1. The quantitative estimate of drug-likeness (QED) is 0.591. The van der Waals surface area contributed by atoms with Crippen LogP contribution in [0.25, 0.3) is 23.0 Å². The molecule has 1 amide bonds. The topological polar surface area (TPSA) is 82.8 Å². The Balaban J connectivity index is 2.02. The molecule has 3 aromatic rings. The number of hydrogen-bond donors (Lipinski definition) is 0. The number of thiophene rings is 1. The van der Waals surface area contributed by atoms with Gasteiger partial charge in [0.25, 0.3) is 0 Å². The van der Waals surface area contributed by atoms with Gasteiger partial charge < -0.3 is 9.47 Å². The minimum Gasteiger partial charge on any atom is -0.496 e. The fourth-order valence-electron chi connectivity index (χ4n) is 3.28. The number of aromatic nitrogens is 2. The van der Waals surface area contributed by atoms with E-state index in [0.29, 0.717) is 17.1 Å². The maximum Gasteiger partial charge on any atom is 0.337 e. The Morgan fingerprint density at radius 3 is 2.86 bits per heavy atom. The van der Waals surface area contributed by atoms with E-state index >= 15 is 0 Å². The van der Waals surface area contributed by atoms with Gasteiger partial charge >= 0.3 is 5.91 Å². The lowest BCUT2D eigenvalue weighted by molar-refractivity contribution is 0.0993. The van der Waals surface area contributed by atoms with Gasteiger partial charge in [-0.15, -0.1) is 4.91 Å². The SMILES string of the molecule is COc1cc2c(cc1C=C(C)C)-c1c(c(C(=O)N=O)nn1-c1ccsc1)CO2. The Hall–Kier alpha value is -3.26. The van der Waals surface area contributed by atoms with Crippen LogP contribution in [0.4, 0.5) is 0 Å². The molecule has 7 nitrogen and oxygen atoms in total. The van der Waals surface area contributed by atoms with Crippen molar-refractivity contribution in [1.29, 1.82) is 0 Å². The van der Waals surface area contributed by atoms with Crippen LogP contribution >= 0.6 is 11.3 Å². The van der Waals surface area contributed by atoms with Gasteiger partial charge in [0.2, 0.25) is 0 Å². The first-order chi connectivity index (χ1) is 13.5. The van der Waals surface area contributed by atoms with E-state index in [4.69, 9.17) is 9.47 Å². The maximum absolute atomic E-state index is 12.1. The van der Waals surface area contributed by atoms with Crippen LogP contribution in [0.2, 0.25) is 0 Å². The molecule has 0 saturated carbocycles. The van der Waals surface area contributed by atoms with Crippen molar-refractivity contribution in [2.75, 3.05) is 7.11 Å². The average Bonchev–Trinajstić information content (AvgIpc) is 3.34. The lowest BCUT2D eigenvalue weighted by Crippen LogP contribution is -2.09. The largest absolute Gasteiger partial charge is 0.496 e. The van der Waals surface area contributed by atoms with E-state index < -0.39 is 5.91 Å². The third-order valence-corrected chi connectivity index (χ3v) is 5.09. The predicted molar refractivity (Wildman–Crippen MR) is 107 cm³/mol. The van der Waals surface area contributed by atoms with E-state index in [0.717, 1.165) is 28.1 Å². The summed E-state index contributed by atoms with van der Waals surface area (Å²) >= 11 is 1.52. The number of benzene rings is 1. The molecule has 0 fully saturated rings. The molecule has 8 heteroatoms. The molecule has 4 rings (SSSR count). The Morgan fingerprint density at radius 2 is 2.21 bits per heavy atom. The van der Waals surface area contributed by atoms with E-state index in [-0.39, 0.29) is 12.3 Å². The summed E-state index contributed by atoms with van der Waals surface area (Å²) < 4.78 is 13.0. The molecular formula is C20H17N3O4S. The first-order valence-electron chi connectivity index (χ1n) is 8.55. The van der Waals surface area contributed by atoms with Crippen molar-refractivity contribution in [2.45, 2.75) is 20.5 Å². The molecule has 0 N–H and O–H groups in total. The lowest BCUT2D eigenvalue weighted by Gasteiger charge is -2.21. The normalized spacial score (nSPS) is 11.8. The van der Waals surface area contributed by atoms with Crippen molar-refractivity contribution in [1.82, 2.24) is 9.78 Å². The third-order valence-electron chi connectivity index (χ3n) is 4.42. The van der Waals surface area contributed by atoms with Crippen LogP contribution in [-0.4, -0.2) is 22.8 Å². The van der Waals surface area contributed by atoms with Gasteiger partial charge in [-0.25, -0.2) is 4.68 Å². The molecule has 0 spiro atoms. The zero-order chi connectivity index (χ0) is 19.8. The van der Waals surface area contributed by atoms with Gasteiger partial charge in [0, 0.05) is 33.3 Å². The van der Waals surface area contributed by atoms with E-state index in [1.165, 1.54) is 11.3 Å². The van der Waals surface area contributed by atoms with E-state index in [2.05, 4.69) is 10.3 Å². The van der Waals surface area contributed by atoms with Crippen LogP contribution in [0.1, 0.15) is 35.5 Å². The molecule has 1 aromatic carbocycles. The number of rotatable bonds is 4. The van der Waals surface area contributed by atoms with Gasteiger partial charge in [-0.2, -0.15) is 16.4 Å². The number of nitroso groups, excluding NO2 is 1. The Kier molecular flexibility index (Phi) is 4.56. The highest BCUT2D eigenvalue weighted by Crippen LogP contribution is 2.44. The summed E-state index contributed by atoms with van der Waals surface area (Å²) in [5, 5.41) is 10.8. The Bertz CT molecular complexity index is 1110. The first kappa shape index (κ1) is 18.1. The summed E-state index contributed by atoms with van der Waals surface area (Å²) in [5.74, 6) is 0.413. The molecule has 2 aromatic heterocycles. The van der Waals surface area contributed by atoms with Crippen molar-refractivity contribution < 1.29 is 14.3 Å². The minimum absolute atomic E-state index is 0.0152. The zero-order valence-electron chi connectivity index (χ0n) is 15.6. The highest BCUT2D eigenvalue weighted by atomic mass is 32.1. The Labute approximate surface area is 165 Å². The molecule has 28 heavy (non-hydrogen) atoms. The standard InChI is InChI=1S/C20H17N3O4S/c1-11(2)6-12-7-14-17(8-16(12)26-3)27-9-15-18(20(24)22-25)21-23(19(14)15)13-4-5-28-10-13/h4-8,10H,9H2,1-3H3. The van der Waals surface area contributed by atoms with Gasteiger partial charge in [0.05, 0.1) is 18.5 Å². The summed E-state index contributed by atoms with van der Waals surface area (Å²) in [6.45, 7) is 4.13. The van der Waals surface area contributed by atoms with Gasteiger partial charge in [-0.1, -0.05) is 11.6 Å². The Morgan fingerprint density at radius 1 is 1.39 bits per heavy atom.